The van der Waals surface area contributed by atoms with Crippen LogP contribution in [0.25, 0.3) is 0 Å². The number of carbonyl (C=O) groups excluding carboxylic acids is 2. The largest absolute Gasteiger partial charge is 0.488 e. The van der Waals surface area contributed by atoms with Crippen LogP contribution in [0.2, 0.25) is 10.0 Å². The number of hydrogen-bond acceptors (Lipinski definition) is 6. The third-order valence-electron chi connectivity index (χ3n) is 6.89. The zero-order valence-electron chi connectivity index (χ0n) is 23.4. The summed E-state index contributed by atoms with van der Waals surface area (Å²) >= 11 is 12.3. The first-order valence-electron chi connectivity index (χ1n) is 13.3. The number of anilines is 1. The topological polar surface area (TPSA) is 85.3 Å². The van der Waals surface area contributed by atoms with Crippen molar-refractivity contribution in [1.29, 1.82) is 0 Å². The lowest BCUT2D eigenvalue weighted by atomic mass is 9.99. The van der Waals surface area contributed by atoms with Crippen LogP contribution in [0, 0.1) is 5.92 Å². The SMILES string of the molecule is C[C@H](CO)N1C[C@H](C)[C@H](CN(C)Cc2ccc(Cl)c(Cl)c2)Oc2ccc(NC(=O)CCCN(C)C)cc2C1=O. The second-order valence-electron chi connectivity index (χ2n) is 10.7. The second-order valence-corrected chi connectivity index (χ2v) is 11.5. The number of hydrogen-bond donors (Lipinski definition) is 2. The first-order valence-corrected chi connectivity index (χ1v) is 14.0. The summed E-state index contributed by atoms with van der Waals surface area (Å²) in [5.41, 5.74) is 1.94. The maximum Gasteiger partial charge on any atom is 0.258 e. The first kappa shape index (κ1) is 31.2. The summed E-state index contributed by atoms with van der Waals surface area (Å²) in [5, 5.41) is 13.8. The van der Waals surface area contributed by atoms with Crippen molar-refractivity contribution in [3.63, 3.8) is 0 Å². The highest BCUT2D eigenvalue weighted by atomic mass is 35.5. The summed E-state index contributed by atoms with van der Waals surface area (Å²) in [5.74, 6) is 0.111. The minimum absolute atomic E-state index is 0.0107. The monoisotopic (exact) mass is 578 g/mol. The number of aliphatic hydroxyl groups is 1. The van der Waals surface area contributed by atoms with Crippen LogP contribution >= 0.6 is 23.2 Å². The number of aliphatic hydroxyl groups excluding tert-OH is 1. The Morgan fingerprint density at radius 3 is 2.59 bits per heavy atom. The Kier molecular flexibility index (Phi) is 11.4. The van der Waals surface area contributed by atoms with E-state index in [-0.39, 0.29) is 36.5 Å². The number of nitrogens with zero attached hydrogens (tertiary/aromatic N) is 3. The molecule has 0 fully saturated rings. The fraction of sp³-hybridized carbons (Fsp3) is 0.517. The molecule has 1 heterocycles. The maximum absolute atomic E-state index is 13.6. The van der Waals surface area contributed by atoms with E-state index in [1.165, 1.54) is 0 Å². The summed E-state index contributed by atoms with van der Waals surface area (Å²) in [6.45, 7) is 6.21. The van der Waals surface area contributed by atoms with Crippen molar-refractivity contribution in [3.8, 4) is 5.75 Å². The molecule has 3 rings (SSSR count). The van der Waals surface area contributed by atoms with Crippen molar-refractivity contribution < 1.29 is 19.4 Å². The van der Waals surface area contributed by atoms with Gasteiger partial charge < -0.3 is 25.0 Å². The van der Waals surface area contributed by atoms with Gasteiger partial charge in [-0.05, 0) is 76.9 Å². The standard InChI is InChI=1S/C29H40Cl2N4O4/c1-19-15-35(20(2)18-36)29(38)23-14-22(32-28(37)7-6-12-33(3)4)9-11-26(23)39-27(19)17-34(5)16-21-8-10-24(30)25(31)13-21/h8-11,13-14,19-20,27,36H,6-7,12,15-18H2,1-5H3,(H,32,37)/t19-,20+,27-/m0/s1. The first-order chi connectivity index (χ1) is 18.5. The Bertz CT molecular complexity index is 1150. The summed E-state index contributed by atoms with van der Waals surface area (Å²) in [4.78, 5) is 32.0. The number of nitrogens with one attached hydrogen (secondary N) is 1. The van der Waals surface area contributed by atoms with E-state index < -0.39 is 0 Å². The molecule has 0 bridgehead atoms. The quantitative estimate of drug-likeness (QED) is 0.404. The minimum Gasteiger partial charge on any atom is -0.488 e. The van der Waals surface area contributed by atoms with Gasteiger partial charge in [-0.25, -0.2) is 0 Å². The number of halogens is 2. The molecule has 1 aliphatic heterocycles. The van der Waals surface area contributed by atoms with E-state index in [2.05, 4.69) is 17.1 Å². The van der Waals surface area contributed by atoms with Crippen molar-refractivity contribution in [2.24, 2.45) is 5.92 Å². The normalized spacial score (nSPS) is 18.4. The smallest absolute Gasteiger partial charge is 0.258 e. The van der Waals surface area contributed by atoms with Gasteiger partial charge in [-0.1, -0.05) is 36.2 Å². The molecular formula is C29H40Cl2N4O4. The molecule has 214 valence electrons. The van der Waals surface area contributed by atoms with E-state index in [4.69, 9.17) is 27.9 Å². The van der Waals surface area contributed by atoms with Gasteiger partial charge in [0.15, 0.2) is 0 Å². The van der Waals surface area contributed by atoms with E-state index in [9.17, 15) is 14.7 Å². The number of ether oxygens (including phenoxy) is 1. The molecule has 0 unspecified atom stereocenters. The molecule has 10 heteroatoms. The Morgan fingerprint density at radius 2 is 1.92 bits per heavy atom. The van der Waals surface area contributed by atoms with Crippen molar-refractivity contribution in [2.45, 2.75) is 45.4 Å². The number of fused-ring (bicyclic) bond motifs is 1. The van der Waals surface area contributed by atoms with Gasteiger partial charge in [-0.3, -0.25) is 14.5 Å². The van der Waals surface area contributed by atoms with Crippen LogP contribution in [0.4, 0.5) is 5.69 Å². The highest BCUT2D eigenvalue weighted by Gasteiger charge is 2.33. The van der Waals surface area contributed by atoms with E-state index in [0.717, 1.165) is 18.5 Å². The third kappa shape index (κ3) is 8.82. The van der Waals surface area contributed by atoms with Gasteiger partial charge in [0.2, 0.25) is 5.91 Å². The molecule has 2 aromatic carbocycles. The van der Waals surface area contributed by atoms with Gasteiger partial charge in [0, 0.05) is 37.7 Å². The van der Waals surface area contributed by atoms with E-state index in [1.807, 2.05) is 45.1 Å². The van der Waals surface area contributed by atoms with Crippen LogP contribution in [0.15, 0.2) is 36.4 Å². The summed E-state index contributed by atoms with van der Waals surface area (Å²) in [6, 6.07) is 10.4. The lowest BCUT2D eigenvalue weighted by Gasteiger charge is -2.38. The van der Waals surface area contributed by atoms with Crippen molar-refractivity contribution in [1.82, 2.24) is 14.7 Å². The minimum atomic E-state index is -0.371. The molecule has 1 aliphatic rings. The molecule has 0 saturated carbocycles. The van der Waals surface area contributed by atoms with Gasteiger partial charge >= 0.3 is 0 Å². The van der Waals surface area contributed by atoms with Crippen LogP contribution in [0.3, 0.4) is 0 Å². The lowest BCUT2D eigenvalue weighted by molar-refractivity contribution is -0.116. The number of benzene rings is 2. The summed E-state index contributed by atoms with van der Waals surface area (Å²) in [6.07, 6.45) is 0.894. The van der Waals surface area contributed by atoms with Crippen LogP contribution < -0.4 is 10.1 Å². The van der Waals surface area contributed by atoms with Crippen molar-refractivity contribution in [2.75, 3.05) is 52.7 Å². The van der Waals surface area contributed by atoms with Gasteiger partial charge in [-0.2, -0.15) is 0 Å². The van der Waals surface area contributed by atoms with E-state index in [0.29, 0.717) is 53.1 Å². The molecule has 2 amide bonds. The number of likely N-dealkylation sites (N-methyl/N-ethyl adjacent to an activating group) is 1. The zero-order chi connectivity index (χ0) is 28.7. The Labute approximate surface area is 241 Å². The molecular weight excluding hydrogens is 539 g/mol. The predicted molar refractivity (Wildman–Crippen MR) is 157 cm³/mol. The fourth-order valence-electron chi connectivity index (χ4n) is 4.62. The highest BCUT2D eigenvalue weighted by Crippen LogP contribution is 2.31. The average Bonchev–Trinajstić information content (AvgIpc) is 2.88. The van der Waals surface area contributed by atoms with Crippen LogP contribution in [-0.4, -0.2) is 91.2 Å². The Morgan fingerprint density at radius 1 is 1.18 bits per heavy atom. The van der Waals surface area contributed by atoms with Gasteiger partial charge in [-0.15, -0.1) is 0 Å². The predicted octanol–water partition coefficient (Wildman–Crippen LogP) is 4.63. The molecule has 0 aromatic heterocycles. The molecule has 3 atom stereocenters. The molecule has 0 radical (unpaired) electrons. The molecule has 39 heavy (non-hydrogen) atoms. The number of carbonyl (C=O) groups is 2. The Hall–Kier alpha value is -2.36. The highest BCUT2D eigenvalue weighted by molar-refractivity contribution is 6.42. The molecule has 8 nitrogen and oxygen atoms in total. The average molecular weight is 580 g/mol. The van der Waals surface area contributed by atoms with Crippen LogP contribution in [0.5, 0.6) is 5.75 Å². The summed E-state index contributed by atoms with van der Waals surface area (Å²) < 4.78 is 6.47. The zero-order valence-corrected chi connectivity index (χ0v) is 24.9. The molecule has 0 spiro atoms. The lowest BCUT2D eigenvalue weighted by Crippen LogP contribution is -2.49. The number of amides is 2. The van der Waals surface area contributed by atoms with Crippen molar-refractivity contribution in [3.05, 3.63) is 57.6 Å². The molecule has 0 aliphatic carbocycles. The molecule has 0 saturated heterocycles. The van der Waals surface area contributed by atoms with Crippen LogP contribution in [0.1, 0.15) is 42.6 Å². The molecule has 2 N–H and O–H groups in total. The van der Waals surface area contributed by atoms with E-state index in [1.54, 1.807) is 29.2 Å². The van der Waals surface area contributed by atoms with Gasteiger partial charge in [0.1, 0.15) is 11.9 Å². The Balaban J connectivity index is 1.82. The summed E-state index contributed by atoms with van der Waals surface area (Å²) in [7, 11) is 5.94. The molecule has 2 aromatic rings. The van der Waals surface area contributed by atoms with Gasteiger partial charge in [0.25, 0.3) is 5.91 Å². The van der Waals surface area contributed by atoms with E-state index >= 15 is 0 Å². The number of rotatable bonds is 11. The van der Waals surface area contributed by atoms with Crippen LogP contribution in [-0.2, 0) is 11.3 Å². The van der Waals surface area contributed by atoms with Gasteiger partial charge in [0.05, 0.1) is 28.3 Å². The maximum atomic E-state index is 13.6. The second kappa shape index (κ2) is 14.3. The fourth-order valence-corrected chi connectivity index (χ4v) is 4.94. The third-order valence-corrected chi connectivity index (χ3v) is 7.62. The van der Waals surface area contributed by atoms with Crippen molar-refractivity contribution >= 4 is 40.7 Å².